The van der Waals surface area contributed by atoms with Gasteiger partial charge >= 0.3 is 5.92 Å². The molecule has 7 nitrogen and oxygen atoms in total. The van der Waals surface area contributed by atoms with Gasteiger partial charge in [0.2, 0.25) is 5.82 Å². The summed E-state index contributed by atoms with van der Waals surface area (Å²) in [4.78, 5) is 4.62. The van der Waals surface area contributed by atoms with Crippen molar-refractivity contribution < 1.29 is 13.2 Å². The minimum atomic E-state index is -3.77. The van der Waals surface area contributed by atoms with E-state index in [0.29, 0.717) is 17.1 Å². The zero-order valence-electron chi connectivity index (χ0n) is 18.5. The van der Waals surface area contributed by atoms with Gasteiger partial charge in [-0.3, -0.25) is 9.67 Å². The average Bonchev–Trinajstić information content (AvgIpc) is 3.36. The van der Waals surface area contributed by atoms with Crippen LogP contribution >= 0.6 is 0 Å². The van der Waals surface area contributed by atoms with E-state index >= 15 is 13.2 Å². The largest absolute Gasteiger partial charge is 0.336 e. The molecule has 0 spiro atoms. The van der Waals surface area contributed by atoms with Crippen LogP contribution in [0.5, 0.6) is 0 Å². The van der Waals surface area contributed by atoms with Crippen LogP contribution in [-0.2, 0) is 13.0 Å². The second kappa shape index (κ2) is 7.50. The van der Waals surface area contributed by atoms with Crippen LogP contribution in [0.4, 0.5) is 13.2 Å². The van der Waals surface area contributed by atoms with Crippen LogP contribution in [-0.4, -0.2) is 41.8 Å². The van der Waals surface area contributed by atoms with Gasteiger partial charge < -0.3 is 0 Å². The molecule has 4 heterocycles. The summed E-state index contributed by atoms with van der Waals surface area (Å²) in [6, 6.07) is 5.79. The highest BCUT2D eigenvalue weighted by Gasteiger charge is 2.43. The molecule has 0 amide bonds. The fraction of sp³-hybridized carbons (Fsp3) is 0.348. The van der Waals surface area contributed by atoms with Gasteiger partial charge in [0.15, 0.2) is 5.65 Å². The number of aromatic nitrogens is 6. The van der Waals surface area contributed by atoms with Gasteiger partial charge in [-0.1, -0.05) is 26.8 Å². The molecule has 3 aromatic heterocycles. The van der Waals surface area contributed by atoms with E-state index in [2.05, 4.69) is 46.2 Å². The van der Waals surface area contributed by atoms with Gasteiger partial charge in [-0.25, -0.2) is 4.39 Å². The molecule has 0 bridgehead atoms. The van der Waals surface area contributed by atoms with Gasteiger partial charge in [0.1, 0.15) is 5.82 Å². The van der Waals surface area contributed by atoms with E-state index in [4.69, 9.17) is 0 Å². The monoisotopic (exact) mass is 453 g/mol. The Bertz CT molecular complexity index is 1430. The Hall–Kier alpha value is -3.56. The Labute approximate surface area is 187 Å². The Morgan fingerprint density at radius 1 is 1.06 bits per heavy atom. The van der Waals surface area contributed by atoms with Crippen molar-refractivity contribution in [2.75, 3.05) is 0 Å². The third-order valence-corrected chi connectivity index (χ3v) is 5.97. The van der Waals surface area contributed by atoms with E-state index in [1.165, 1.54) is 16.9 Å². The molecule has 1 aliphatic heterocycles. The van der Waals surface area contributed by atoms with Gasteiger partial charge in [0.05, 0.1) is 28.2 Å². The lowest BCUT2D eigenvalue weighted by atomic mass is 9.88. The molecular formula is C23H22F3N7. The molecule has 1 aliphatic rings. The van der Waals surface area contributed by atoms with Crippen molar-refractivity contribution >= 4 is 28.3 Å². The summed E-state index contributed by atoms with van der Waals surface area (Å²) in [5.41, 5.74) is 0.806. The highest BCUT2D eigenvalue weighted by molar-refractivity contribution is 6.09. The number of benzene rings is 1. The van der Waals surface area contributed by atoms with Crippen molar-refractivity contribution in [3.8, 4) is 0 Å². The van der Waals surface area contributed by atoms with Crippen molar-refractivity contribution in [3.05, 3.63) is 59.4 Å². The first-order valence-corrected chi connectivity index (χ1v) is 10.6. The molecule has 1 aromatic carbocycles. The predicted molar refractivity (Wildman–Crippen MR) is 119 cm³/mol. The number of aliphatic imine (C=N–C) groups is 1. The van der Waals surface area contributed by atoms with Crippen molar-refractivity contribution in [2.45, 2.75) is 32.7 Å². The van der Waals surface area contributed by atoms with Crippen LogP contribution in [0.3, 0.4) is 0 Å². The maximum Gasteiger partial charge on any atom is 0.336 e. The van der Waals surface area contributed by atoms with Crippen molar-refractivity contribution in [3.63, 3.8) is 0 Å². The number of halogens is 3. The number of rotatable bonds is 4. The first-order valence-electron chi connectivity index (χ1n) is 10.6. The van der Waals surface area contributed by atoms with E-state index in [0.717, 1.165) is 16.2 Å². The number of nitrogens with zero attached hydrogens (tertiary/aromatic N) is 7. The van der Waals surface area contributed by atoms with Crippen LogP contribution in [0.25, 0.3) is 22.1 Å². The minimum absolute atomic E-state index is 0.00871. The molecule has 0 fully saturated rings. The first kappa shape index (κ1) is 21.3. The number of alkyl halides is 2. The first-order chi connectivity index (χ1) is 15.7. The summed E-state index contributed by atoms with van der Waals surface area (Å²) in [6.45, 7) is 6.28. The Kier molecular flexibility index (Phi) is 4.84. The summed E-state index contributed by atoms with van der Waals surface area (Å²) in [5, 5.41) is 15.9. The molecule has 0 saturated heterocycles. The number of hydrogen-bond donors (Lipinski definition) is 0. The normalized spacial score (nSPS) is 19.1. The second-order valence-electron chi connectivity index (χ2n) is 8.74. The summed E-state index contributed by atoms with van der Waals surface area (Å²) in [7, 11) is 1.60. The molecule has 0 radical (unpaired) electrons. The summed E-state index contributed by atoms with van der Waals surface area (Å²) in [5.74, 6) is -5.04. The van der Waals surface area contributed by atoms with Crippen molar-refractivity contribution in [2.24, 2.45) is 23.9 Å². The van der Waals surface area contributed by atoms with Gasteiger partial charge in [-0.15, -0.1) is 10.2 Å². The Balaban J connectivity index is 1.59. The highest BCUT2D eigenvalue weighted by Crippen LogP contribution is 2.38. The number of fused-ring (bicyclic) bond motifs is 2. The number of aryl methyl sites for hydroxylation is 1. The maximum absolute atomic E-state index is 15.6. The quantitative estimate of drug-likeness (QED) is 0.459. The SMILES string of the molecule is CC(C)C1N=CC(c2ccc3nnc(C(F)(F)c4ccc5nn(C)cc5c4F)n3n2)=CC1C. The summed E-state index contributed by atoms with van der Waals surface area (Å²) in [6.07, 6.45) is 5.12. The fourth-order valence-electron chi connectivity index (χ4n) is 4.34. The third kappa shape index (κ3) is 3.40. The van der Waals surface area contributed by atoms with Crippen LogP contribution in [0.1, 0.15) is 37.9 Å². The molecule has 5 rings (SSSR count). The Morgan fingerprint density at radius 2 is 1.85 bits per heavy atom. The molecule has 33 heavy (non-hydrogen) atoms. The lowest BCUT2D eigenvalue weighted by Crippen LogP contribution is -2.24. The number of hydrogen-bond acceptors (Lipinski definition) is 5. The molecule has 10 heteroatoms. The van der Waals surface area contributed by atoms with Crippen molar-refractivity contribution in [1.82, 2.24) is 29.6 Å². The molecule has 0 saturated carbocycles. The van der Waals surface area contributed by atoms with E-state index in [1.54, 1.807) is 25.4 Å². The third-order valence-electron chi connectivity index (χ3n) is 5.97. The van der Waals surface area contributed by atoms with Crippen LogP contribution in [0.2, 0.25) is 0 Å². The average molecular weight is 453 g/mol. The standard InChI is InChI=1S/C23H22F3N7/c1-12(2)21-13(3)9-14(10-27-21)17-7-8-19-28-29-22(33(19)31-17)23(25,26)16-5-6-18-15(20(16)24)11-32(4)30-18/h5-13,21H,1-4H3. The molecular weight excluding hydrogens is 431 g/mol. The van der Waals surface area contributed by atoms with Gasteiger partial charge in [0.25, 0.3) is 0 Å². The van der Waals surface area contributed by atoms with Gasteiger partial charge in [0, 0.05) is 25.0 Å². The zero-order valence-corrected chi connectivity index (χ0v) is 18.5. The zero-order chi connectivity index (χ0) is 23.5. The molecule has 0 N–H and O–H groups in total. The molecule has 170 valence electrons. The smallest absolute Gasteiger partial charge is 0.288 e. The molecule has 4 aromatic rings. The summed E-state index contributed by atoms with van der Waals surface area (Å²) >= 11 is 0. The Morgan fingerprint density at radius 3 is 2.58 bits per heavy atom. The van der Waals surface area contributed by atoms with Crippen LogP contribution in [0.15, 0.2) is 41.5 Å². The maximum atomic E-state index is 15.6. The van der Waals surface area contributed by atoms with E-state index < -0.39 is 23.1 Å². The molecule has 0 aliphatic carbocycles. The summed E-state index contributed by atoms with van der Waals surface area (Å²) < 4.78 is 48.5. The van der Waals surface area contributed by atoms with Gasteiger partial charge in [-0.05, 0) is 36.1 Å². The lowest BCUT2D eigenvalue weighted by molar-refractivity contribution is 0.0271. The van der Waals surface area contributed by atoms with E-state index in [9.17, 15) is 0 Å². The fourth-order valence-corrected chi connectivity index (χ4v) is 4.34. The second-order valence-corrected chi connectivity index (χ2v) is 8.74. The predicted octanol–water partition coefficient (Wildman–Crippen LogP) is 4.42. The molecule has 2 unspecified atom stereocenters. The van der Waals surface area contributed by atoms with Crippen LogP contribution in [0, 0.1) is 17.7 Å². The van der Waals surface area contributed by atoms with E-state index in [1.807, 2.05) is 6.08 Å². The topological polar surface area (TPSA) is 73.3 Å². The van der Waals surface area contributed by atoms with Gasteiger partial charge in [-0.2, -0.15) is 23.5 Å². The minimum Gasteiger partial charge on any atom is -0.288 e. The lowest BCUT2D eigenvalue weighted by Gasteiger charge is -2.25. The number of allylic oxidation sites excluding steroid dienone is 1. The molecule has 2 atom stereocenters. The van der Waals surface area contributed by atoms with Crippen molar-refractivity contribution in [1.29, 1.82) is 0 Å². The highest BCUT2D eigenvalue weighted by atomic mass is 19.3. The van der Waals surface area contributed by atoms with E-state index in [-0.39, 0.29) is 23.0 Å². The number of dihydropyridines is 1. The van der Waals surface area contributed by atoms with Crippen LogP contribution < -0.4 is 0 Å².